The number of aromatic nitrogens is 2. The maximum Gasteiger partial charge on any atom is 0.255 e. The highest BCUT2D eigenvalue weighted by atomic mass is 16.5. The third-order valence-electron chi connectivity index (χ3n) is 4.82. The Kier molecular flexibility index (Phi) is 5.30. The first-order chi connectivity index (χ1) is 13.7. The molecule has 2 heterocycles. The highest BCUT2D eigenvalue weighted by Crippen LogP contribution is 2.22. The summed E-state index contributed by atoms with van der Waals surface area (Å²) in [4.78, 5) is 23.5. The SMILES string of the molecule is Cc1ccccc1NC(=O)c1ccc(-c2cc(N3CCOCC3)ncn2)cc1. The van der Waals surface area contributed by atoms with E-state index in [2.05, 4.69) is 20.2 Å². The Balaban J connectivity index is 1.50. The summed E-state index contributed by atoms with van der Waals surface area (Å²) < 4.78 is 5.40. The fourth-order valence-corrected chi connectivity index (χ4v) is 3.17. The minimum absolute atomic E-state index is 0.127. The molecule has 0 unspecified atom stereocenters. The fourth-order valence-electron chi connectivity index (χ4n) is 3.17. The first-order valence-electron chi connectivity index (χ1n) is 9.33. The Bertz CT molecular complexity index is 966. The molecule has 1 fully saturated rings. The molecule has 28 heavy (non-hydrogen) atoms. The van der Waals surface area contributed by atoms with E-state index in [9.17, 15) is 4.79 Å². The molecular formula is C22H22N4O2. The largest absolute Gasteiger partial charge is 0.378 e. The van der Waals surface area contributed by atoms with Crippen LogP contribution in [0.2, 0.25) is 0 Å². The van der Waals surface area contributed by atoms with Gasteiger partial charge in [0, 0.05) is 36.0 Å². The number of anilines is 2. The van der Waals surface area contributed by atoms with Gasteiger partial charge in [-0.1, -0.05) is 30.3 Å². The van der Waals surface area contributed by atoms with Gasteiger partial charge < -0.3 is 15.0 Å². The molecule has 1 aliphatic heterocycles. The average molecular weight is 374 g/mol. The number of para-hydroxylation sites is 1. The van der Waals surface area contributed by atoms with Crippen molar-refractivity contribution < 1.29 is 9.53 Å². The van der Waals surface area contributed by atoms with Crippen LogP contribution >= 0.6 is 0 Å². The number of nitrogens with zero attached hydrogens (tertiary/aromatic N) is 3. The first kappa shape index (κ1) is 18.1. The highest BCUT2D eigenvalue weighted by Gasteiger charge is 2.14. The number of carbonyl (C=O) groups excluding carboxylic acids is 1. The number of ether oxygens (including phenoxy) is 1. The van der Waals surface area contributed by atoms with Crippen molar-refractivity contribution in [1.29, 1.82) is 0 Å². The quantitative estimate of drug-likeness (QED) is 0.757. The van der Waals surface area contributed by atoms with Crippen molar-refractivity contribution in [3.8, 4) is 11.3 Å². The third kappa shape index (κ3) is 4.02. The molecule has 142 valence electrons. The highest BCUT2D eigenvalue weighted by molar-refractivity contribution is 6.04. The predicted molar refractivity (Wildman–Crippen MR) is 110 cm³/mol. The lowest BCUT2D eigenvalue weighted by molar-refractivity contribution is 0.102. The summed E-state index contributed by atoms with van der Waals surface area (Å²) in [7, 11) is 0. The van der Waals surface area contributed by atoms with Crippen LogP contribution in [0, 0.1) is 6.92 Å². The second kappa shape index (κ2) is 8.19. The molecule has 1 aromatic heterocycles. The fraction of sp³-hybridized carbons (Fsp3) is 0.227. The van der Waals surface area contributed by atoms with Crippen LogP contribution in [0.4, 0.5) is 11.5 Å². The van der Waals surface area contributed by atoms with Crippen molar-refractivity contribution in [2.45, 2.75) is 6.92 Å². The normalized spacial score (nSPS) is 14.0. The monoisotopic (exact) mass is 374 g/mol. The number of rotatable bonds is 4. The van der Waals surface area contributed by atoms with Crippen LogP contribution in [-0.2, 0) is 4.74 Å². The zero-order valence-corrected chi connectivity index (χ0v) is 15.8. The minimum atomic E-state index is -0.127. The van der Waals surface area contributed by atoms with E-state index in [1.54, 1.807) is 6.33 Å². The molecule has 6 heteroatoms. The summed E-state index contributed by atoms with van der Waals surface area (Å²) in [5.74, 6) is 0.771. The minimum Gasteiger partial charge on any atom is -0.378 e. The van der Waals surface area contributed by atoms with E-state index in [1.165, 1.54) is 0 Å². The molecule has 3 aromatic rings. The second-order valence-corrected chi connectivity index (χ2v) is 6.71. The Labute approximate surface area is 164 Å². The first-order valence-corrected chi connectivity index (χ1v) is 9.33. The van der Waals surface area contributed by atoms with Crippen LogP contribution < -0.4 is 10.2 Å². The molecule has 0 radical (unpaired) electrons. The van der Waals surface area contributed by atoms with Crippen LogP contribution in [-0.4, -0.2) is 42.2 Å². The van der Waals surface area contributed by atoms with E-state index in [-0.39, 0.29) is 5.91 Å². The standard InChI is InChI=1S/C22H22N4O2/c1-16-4-2-3-5-19(16)25-22(27)18-8-6-17(7-9-18)20-14-21(24-15-23-20)26-10-12-28-13-11-26/h2-9,14-15H,10-13H2,1H3,(H,25,27). The molecule has 2 aromatic carbocycles. The molecule has 0 aliphatic carbocycles. The number of amides is 1. The molecule has 1 N–H and O–H groups in total. The van der Waals surface area contributed by atoms with Crippen LogP contribution in [0.3, 0.4) is 0 Å². The Morgan fingerprint density at radius 2 is 1.79 bits per heavy atom. The molecule has 4 rings (SSSR count). The lowest BCUT2D eigenvalue weighted by atomic mass is 10.1. The van der Waals surface area contributed by atoms with Gasteiger partial charge in [0.05, 0.1) is 18.9 Å². The third-order valence-corrected chi connectivity index (χ3v) is 4.82. The molecule has 1 aliphatic rings. The summed E-state index contributed by atoms with van der Waals surface area (Å²) >= 11 is 0. The summed E-state index contributed by atoms with van der Waals surface area (Å²) in [6, 6.07) is 17.2. The number of nitrogens with one attached hydrogen (secondary N) is 1. The summed E-state index contributed by atoms with van der Waals surface area (Å²) in [5, 5.41) is 2.95. The number of hydrogen-bond donors (Lipinski definition) is 1. The van der Waals surface area contributed by atoms with Gasteiger partial charge in [-0.25, -0.2) is 9.97 Å². The maximum absolute atomic E-state index is 12.5. The van der Waals surface area contributed by atoms with Crippen molar-refractivity contribution in [1.82, 2.24) is 9.97 Å². The smallest absolute Gasteiger partial charge is 0.255 e. The van der Waals surface area contributed by atoms with Gasteiger partial charge in [0.25, 0.3) is 5.91 Å². The Hall–Kier alpha value is -3.25. The van der Waals surface area contributed by atoms with Crippen LogP contribution in [0.1, 0.15) is 15.9 Å². The number of aryl methyl sites for hydroxylation is 1. The zero-order chi connectivity index (χ0) is 19.3. The number of morpholine rings is 1. The van der Waals surface area contributed by atoms with E-state index < -0.39 is 0 Å². The summed E-state index contributed by atoms with van der Waals surface area (Å²) in [6.07, 6.45) is 1.58. The van der Waals surface area contributed by atoms with Gasteiger partial charge in [-0.05, 0) is 30.7 Å². The van der Waals surface area contributed by atoms with Crippen molar-refractivity contribution in [2.24, 2.45) is 0 Å². The molecule has 0 spiro atoms. The van der Waals surface area contributed by atoms with E-state index in [0.717, 1.165) is 41.4 Å². The summed E-state index contributed by atoms with van der Waals surface area (Å²) in [6.45, 7) is 5.05. The van der Waals surface area contributed by atoms with Gasteiger partial charge in [0.1, 0.15) is 12.1 Å². The topological polar surface area (TPSA) is 67.4 Å². The van der Waals surface area contributed by atoms with Crippen LogP contribution in [0.5, 0.6) is 0 Å². The number of hydrogen-bond acceptors (Lipinski definition) is 5. The zero-order valence-electron chi connectivity index (χ0n) is 15.8. The molecular weight excluding hydrogens is 352 g/mol. The Morgan fingerprint density at radius 3 is 2.54 bits per heavy atom. The lowest BCUT2D eigenvalue weighted by Gasteiger charge is -2.27. The predicted octanol–water partition coefficient (Wildman–Crippen LogP) is 3.54. The van der Waals surface area contributed by atoms with Crippen LogP contribution in [0.15, 0.2) is 60.9 Å². The van der Waals surface area contributed by atoms with Crippen LogP contribution in [0.25, 0.3) is 11.3 Å². The van der Waals surface area contributed by atoms with Crippen molar-refractivity contribution in [3.63, 3.8) is 0 Å². The summed E-state index contributed by atoms with van der Waals surface area (Å²) in [5.41, 5.74) is 4.24. The van der Waals surface area contributed by atoms with Gasteiger partial charge >= 0.3 is 0 Å². The molecule has 1 saturated heterocycles. The van der Waals surface area contributed by atoms with Crippen molar-refractivity contribution in [3.05, 3.63) is 72.1 Å². The van der Waals surface area contributed by atoms with Gasteiger partial charge in [-0.3, -0.25) is 4.79 Å². The second-order valence-electron chi connectivity index (χ2n) is 6.71. The van der Waals surface area contributed by atoms with E-state index in [4.69, 9.17) is 4.74 Å². The molecule has 0 bridgehead atoms. The van der Waals surface area contributed by atoms with Gasteiger partial charge in [0.2, 0.25) is 0 Å². The van der Waals surface area contributed by atoms with E-state index in [0.29, 0.717) is 18.8 Å². The average Bonchev–Trinajstić information content (AvgIpc) is 2.76. The lowest BCUT2D eigenvalue weighted by Crippen LogP contribution is -2.36. The number of benzene rings is 2. The molecule has 0 saturated carbocycles. The maximum atomic E-state index is 12.5. The number of carbonyl (C=O) groups is 1. The molecule has 0 atom stereocenters. The molecule has 6 nitrogen and oxygen atoms in total. The van der Waals surface area contributed by atoms with Crippen molar-refractivity contribution >= 4 is 17.4 Å². The van der Waals surface area contributed by atoms with Gasteiger partial charge in [-0.15, -0.1) is 0 Å². The van der Waals surface area contributed by atoms with Gasteiger partial charge in [0.15, 0.2) is 0 Å². The Morgan fingerprint density at radius 1 is 1.04 bits per heavy atom. The van der Waals surface area contributed by atoms with E-state index >= 15 is 0 Å². The van der Waals surface area contributed by atoms with Crippen molar-refractivity contribution in [2.75, 3.05) is 36.5 Å². The van der Waals surface area contributed by atoms with Gasteiger partial charge in [-0.2, -0.15) is 0 Å². The van der Waals surface area contributed by atoms with E-state index in [1.807, 2.05) is 61.5 Å². The molecule has 1 amide bonds.